The van der Waals surface area contributed by atoms with Gasteiger partial charge >= 0.3 is 0 Å². The van der Waals surface area contributed by atoms with Crippen LogP contribution in [0.25, 0.3) is 0 Å². The molecule has 0 atom stereocenters. The second-order valence-corrected chi connectivity index (χ2v) is 4.57. The third kappa shape index (κ3) is 3.89. The van der Waals surface area contributed by atoms with Gasteiger partial charge in [0.2, 0.25) is 0 Å². The summed E-state index contributed by atoms with van der Waals surface area (Å²) in [6.07, 6.45) is 5.01. The summed E-state index contributed by atoms with van der Waals surface area (Å²) in [6.45, 7) is 8.80. The maximum absolute atomic E-state index is 12.3. The Hall–Kier alpha value is -2.69. The zero-order valence-electron chi connectivity index (χ0n) is 11.9. The summed E-state index contributed by atoms with van der Waals surface area (Å²) in [5, 5.41) is 7.95. The number of benzene rings is 1. The van der Waals surface area contributed by atoms with E-state index in [0.717, 1.165) is 5.56 Å². The molecule has 21 heavy (non-hydrogen) atoms. The molecule has 0 aliphatic rings. The third-order valence-electron chi connectivity index (χ3n) is 2.93. The van der Waals surface area contributed by atoms with Gasteiger partial charge in [-0.15, -0.1) is 18.3 Å². The van der Waals surface area contributed by atoms with Crippen molar-refractivity contribution < 1.29 is 4.79 Å². The zero-order chi connectivity index (χ0) is 15.1. The van der Waals surface area contributed by atoms with Crippen LogP contribution in [0.3, 0.4) is 0 Å². The van der Waals surface area contributed by atoms with Crippen LogP contribution in [0.1, 0.15) is 16.1 Å². The lowest BCUT2D eigenvalue weighted by Gasteiger charge is -2.17. The zero-order valence-corrected chi connectivity index (χ0v) is 11.9. The van der Waals surface area contributed by atoms with Crippen molar-refractivity contribution in [2.45, 2.75) is 6.54 Å². The molecule has 1 amide bonds. The molecule has 0 bridgehead atoms. The largest absolute Gasteiger partial charge is 0.330 e. The minimum atomic E-state index is -0.172. The van der Waals surface area contributed by atoms with Crippen LogP contribution in [-0.4, -0.2) is 38.9 Å². The maximum Gasteiger partial charge on any atom is 0.276 e. The van der Waals surface area contributed by atoms with E-state index < -0.39 is 0 Å². The van der Waals surface area contributed by atoms with E-state index in [1.807, 2.05) is 30.3 Å². The standard InChI is InChI=1S/C16H18N4O/c1-3-10-19(11-4-2)16(21)15-13-20(18-17-15)12-14-8-6-5-7-9-14/h3-9,13H,1-2,10-12H2. The van der Waals surface area contributed by atoms with Crippen molar-refractivity contribution >= 4 is 5.91 Å². The number of rotatable bonds is 7. The Kier molecular flexibility index (Phi) is 5.04. The molecule has 0 unspecified atom stereocenters. The average molecular weight is 282 g/mol. The van der Waals surface area contributed by atoms with Crippen LogP contribution in [0, 0.1) is 0 Å². The van der Waals surface area contributed by atoms with Crippen LogP contribution in [0.15, 0.2) is 61.8 Å². The van der Waals surface area contributed by atoms with Crippen LogP contribution in [0.2, 0.25) is 0 Å². The normalized spacial score (nSPS) is 10.1. The number of carbonyl (C=O) groups excluding carboxylic acids is 1. The first-order valence-electron chi connectivity index (χ1n) is 6.69. The number of aromatic nitrogens is 3. The van der Waals surface area contributed by atoms with Crippen molar-refractivity contribution in [3.63, 3.8) is 0 Å². The molecule has 5 nitrogen and oxygen atoms in total. The molecule has 2 rings (SSSR count). The molecule has 108 valence electrons. The van der Waals surface area contributed by atoms with Gasteiger partial charge in [0.15, 0.2) is 5.69 Å². The molecule has 0 saturated heterocycles. The van der Waals surface area contributed by atoms with E-state index in [1.165, 1.54) is 0 Å². The van der Waals surface area contributed by atoms with Gasteiger partial charge in [-0.05, 0) is 5.56 Å². The molecule has 5 heteroatoms. The summed E-state index contributed by atoms with van der Waals surface area (Å²) in [5.41, 5.74) is 1.44. The average Bonchev–Trinajstić information content (AvgIpc) is 2.96. The van der Waals surface area contributed by atoms with Crippen LogP contribution >= 0.6 is 0 Å². The fourth-order valence-corrected chi connectivity index (χ4v) is 1.96. The minimum absolute atomic E-state index is 0.172. The van der Waals surface area contributed by atoms with Gasteiger partial charge in [-0.3, -0.25) is 4.79 Å². The molecule has 0 N–H and O–H groups in total. The first kappa shape index (κ1) is 14.7. The molecule has 2 aromatic rings. The lowest BCUT2D eigenvalue weighted by atomic mass is 10.2. The van der Waals surface area contributed by atoms with Crippen LogP contribution < -0.4 is 0 Å². The van der Waals surface area contributed by atoms with E-state index in [2.05, 4.69) is 23.5 Å². The topological polar surface area (TPSA) is 51.0 Å². The van der Waals surface area contributed by atoms with Gasteiger partial charge in [-0.2, -0.15) is 0 Å². The van der Waals surface area contributed by atoms with Crippen molar-refractivity contribution in [2.24, 2.45) is 0 Å². The molecule has 0 saturated carbocycles. The highest BCUT2D eigenvalue weighted by Crippen LogP contribution is 2.05. The highest BCUT2D eigenvalue weighted by atomic mass is 16.2. The molecule has 1 aromatic carbocycles. The van der Waals surface area contributed by atoms with Gasteiger partial charge in [0.1, 0.15) is 0 Å². The minimum Gasteiger partial charge on any atom is -0.330 e. The van der Waals surface area contributed by atoms with Gasteiger partial charge in [-0.1, -0.05) is 47.7 Å². The number of carbonyl (C=O) groups is 1. The highest BCUT2D eigenvalue weighted by molar-refractivity contribution is 5.92. The monoisotopic (exact) mass is 282 g/mol. The van der Waals surface area contributed by atoms with Crippen molar-refractivity contribution in [3.8, 4) is 0 Å². The van der Waals surface area contributed by atoms with E-state index in [1.54, 1.807) is 27.9 Å². The predicted octanol–water partition coefficient (Wildman–Crippen LogP) is 2.14. The Morgan fingerprint density at radius 2 is 1.86 bits per heavy atom. The highest BCUT2D eigenvalue weighted by Gasteiger charge is 2.17. The van der Waals surface area contributed by atoms with Crippen molar-refractivity contribution in [1.29, 1.82) is 0 Å². The molecule has 0 spiro atoms. The van der Waals surface area contributed by atoms with E-state index in [-0.39, 0.29) is 5.91 Å². The van der Waals surface area contributed by atoms with E-state index >= 15 is 0 Å². The Morgan fingerprint density at radius 3 is 2.48 bits per heavy atom. The van der Waals surface area contributed by atoms with E-state index in [0.29, 0.717) is 25.3 Å². The van der Waals surface area contributed by atoms with Crippen LogP contribution in [0.5, 0.6) is 0 Å². The van der Waals surface area contributed by atoms with Gasteiger partial charge in [0.25, 0.3) is 5.91 Å². The fourth-order valence-electron chi connectivity index (χ4n) is 1.96. The van der Waals surface area contributed by atoms with Crippen LogP contribution in [0.4, 0.5) is 0 Å². The molecular weight excluding hydrogens is 264 g/mol. The van der Waals surface area contributed by atoms with Gasteiger partial charge in [-0.25, -0.2) is 4.68 Å². The van der Waals surface area contributed by atoms with E-state index in [4.69, 9.17) is 0 Å². The molecule has 1 heterocycles. The SMILES string of the molecule is C=CCN(CC=C)C(=O)c1cn(Cc2ccccc2)nn1. The Labute approximate surface area is 124 Å². The van der Waals surface area contributed by atoms with Gasteiger partial charge in [0, 0.05) is 13.1 Å². The summed E-state index contributed by atoms with van der Waals surface area (Å²) in [7, 11) is 0. The lowest BCUT2D eigenvalue weighted by Crippen LogP contribution is -2.31. The number of nitrogens with zero attached hydrogens (tertiary/aromatic N) is 4. The van der Waals surface area contributed by atoms with Crippen LogP contribution in [-0.2, 0) is 6.54 Å². The fraction of sp³-hybridized carbons (Fsp3) is 0.188. The number of hydrogen-bond donors (Lipinski definition) is 0. The predicted molar refractivity (Wildman–Crippen MR) is 81.9 cm³/mol. The molecule has 0 radical (unpaired) electrons. The third-order valence-corrected chi connectivity index (χ3v) is 2.93. The molecule has 0 fully saturated rings. The van der Waals surface area contributed by atoms with Crippen molar-refractivity contribution in [1.82, 2.24) is 19.9 Å². The van der Waals surface area contributed by atoms with Gasteiger partial charge < -0.3 is 4.90 Å². The Bertz CT molecular complexity index is 608. The summed E-state index contributed by atoms with van der Waals surface area (Å²) in [6, 6.07) is 9.90. The van der Waals surface area contributed by atoms with Gasteiger partial charge in [0.05, 0.1) is 12.7 Å². The van der Waals surface area contributed by atoms with Crippen molar-refractivity contribution in [2.75, 3.05) is 13.1 Å². The molecular formula is C16H18N4O. The number of amides is 1. The summed E-state index contributed by atoms with van der Waals surface area (Å²) in [5.74, 6) is -0.172. The second-order valence-electron chi connectivity index (χ2n) is 4.57. The molecule has 0 aliphatic heterocycles. The lowest BCUT2D eigenvalue weighted by molar-refractivity contribution is 0.0785. The molecule has 1 aromatic heterocycles. The first-order chi connectivity index (χ1) is 10.2. The summed E-state index contributed by atoms with van der Waals surface area (Å²) in [4.78, 5) is 13.9. The smallest absolute Gasteiger partial charge is 0.276 e. The molecule has 0 aliphatic carbocycles. The van der Waals surface area contributed by atoms with E-state index in [9.17, 15) is 4.79 Å². The van der Waals surface area contributed by atoms with Crippen molar-refractivity contribution in [3.05, 3.63) is 73.1 Å². The first-order valence-corrected chi connectivity index (χ1v) is 6.69. The number of hydrogen-bond acceptors (Lipinski definition) is 3. The summed E-state index contributed by atoms with van der Waals surface area (Å²) >= 11 is 0. The quantitative estimate of drug-likeness (QED) is 0.731. The summed E-state index contributed by atoms with van der Waals surface area (Å²) < 4.78 is 1.66. The Balaban J connectivity index is 2.09. The Morgan fingerprint density at radius 1 is 1.19 bits per heavy atom. The second kappa shape index (κ2) is 7.19. The maximum atomic E-state index is 12.3.